The summed E-state index contributed by atoms with van der Waals surface area (Å²) in [7, 11) is 0. The number of hydrogen-bond acceptors (Lipinski definition) is 0. The third kappa shape index (κ3) is 6.06. The van der Waals surface area contributed by atoms with Crippen LogP contribution in [0.2, 0.25) is 0 Å². The molecule has 1 rings (SSSR count). The van der Waals surface area contributed by atoms with Crippen LogP contribution in [0.15, 0.2) is 60.7 Å². The van der Waals surface area contributed by atoms with E-state index in [0.717, 1.165) is 18.8 Å². The number of benzene rings is 1. The van der Waals surface area contributed by atoms with E-state index >= 15 is 0 Å². The minimum absolute atomic E-state index is 0.540. The maximum absolute atomic E-state index is 3.77. The molecule has 0 atom stereocenters. The van der Waals surface area contributed by atoms with E-state index in [9.17, 15) is 0 Å². The highest BCUT2D eigenvalue weighted by atomic mass is 14.0. The summed E-state index contributed by atoms with van der Waals surface area (Å²) < 4.78 is 0. The van der Waals surface area contributed by atoms with E-state index < -0.39 is 0 Å². The predicted octanol–water partition coefficient (Wildman–Crippen LogP) is 5.75. The van der Waals surface area contributed by atoms with Crippen LogP contribution in [-0.4, -0.2) is 0 Å². The number of hydrogen-bond donors (Lipinski definition) is 0. The lowest BCUT2D eigenvalue weighted by Gasteiger charge is -2.06. The van der Waals surface area contributed by atoms with E-state index in [-0.39, 0.29) is 0 Å². The topological polar surface area (TPSA) is 0 Å². The van der Waals surface area contributed by atoms with Gasteiger partial charge in [-0.1, -0.05) is 82.8 Å². The van der Waals surface area contributed by atoms with Crippen molar-refractivity contribution in [2.24, 2.45) is 11.8 Å². The van der Waals surface area contributed by atoms with Crippen LogP contribution in [0.5, 0.6) is 0 Å². The first kappa shape index (κ1) is 16.5. The Morgan fingerprint density at radius 3 is 2.15 bits per heavy atom. The van der Waals surface area contributed by atoms with Crippen molar-refractivity contribution in [2.75, 3.05) is 0 Å². The normalized spacial score (nSPS) is 12.6. The molecule has 1 aromatic carbocycles. The summed E-state index contributed by atoms with van der Waals surface area (Å²) in [5, 5.41) is 0. The highest BCUT2D eigenvalue weighted by Crippen LogP contribution is 2.13. The average molecular weight is 268 g/mol. The first-order valence-electron chi connectivity index (χ1n) is 7.60. The van der Waals surface area contributed by atoms with Crippen LogP contribution >= 0.6 is 0 Å². The quantitative estimate of drug-likeness (QED) is 0.552. The molecule has 0 spiro atoms. The van der Waals surface area contributed by atoms with Gasteiger partial charge in [0.15, 0.2) is 0 Å². The van der Waals surface area contributed by atoms with Crippen molar-refractivity contribution in [1.82, 2.24) is 0 Å². The predicted molar refractivity (Wildman–Crippen MR) is 90.9 cm³/mol. The SMILES string of the molecule is C=C/C=C(\C=C/Cc1ccc(CC(C)C)cc1)C(C)C. The molecule has 0 unspecified atom stereocenters. The van der Waals surface area contributed by atoms with Gasteiger partial charge >= 0.3 is 0 Å². The van der Waals surface area contributed by atoms with E-state index in [1.165, 1.54) is 16.7 Å². The van der Waals surface area contributed by atoms with Crippen molar-refractivity contribution < 1.29 is 0 Å². The standard InChI is InChI=1S/C20H28/c1-6-8-20(17(4)5)10-7-9-18-11-13-19(14-12-18)15-16(2)3/h6-8,10-14,16-17H,1,9,15H2,2-5H3/b10-7-,20-8+. The Hall–Kier alpha value is -1.56. The average Bonchev–Trinajstić information content (AvgIpc) is 2.39. The highest BCUT2D eigenvalue weighted by molar-refractivity contribution is 5.28. The largest absolute Gasteiger partial charge is 0.0991 e. The van der Waals surface area contributed by atoms with Gasteiger partial charge in [-0.15, -0.1) is 0 Å². The molecule has 108 valence electrons. The Morgan fingerprint density at radius 1 is 1.05 bits per heavy atom. The molecular weight excluding hydrogens is 240 g/mol. The van der Waals surface area contributed by atoms with Crippen LogP contribution in [-0.2, 0) is 12.8 Å². The molecule has 0 N–H and O–H groups in total. The summed E-state index contributed by atoms with van der Waals surface area (Å²) in [6.07, 6.45) is 10.6. The zero-order valence-corrected chi connectivity index (χ0v) is 13.4. The summed E-state index contributed by atoms with van der Waals surface area (Å²) in [5.74, 6) is 1.26. The van der Waals surface area contributed by atoms with Gasteiger partial charge in [0.25, 0.3) is 0 Å². The third-order valence-corrected chi connectivity index (χ3v) is 3.31. The molecular formula is C20H28. The highest BCUT2D eigenvalue weighted by Gasteiger charge is 1.99. The maximum atomic E-state index is 3.77. The molecule has 0 saturated heterocycles. The molecule has 0 radical (unpaired) electrons. The van der Waals surface area contributed by atoms with Crippen LogP contribution < -0.4 is 0 Å². The first-order chi connectivity index (χ1) is 9.52. The van der Waals surface area contributed by atoms with Crippen molar-refractivity contribution in [1.29, 1.82) is 0 Å². The van der Waals surface area contributed by atoms with Gasteiger partial charge in [-0.2, -0.15) is 0 Å². The van der Waals surface area contributed by atoms with Gasteiger partial charge in [0.1, 0.15) is 0 Å². The van der Waals surface area contributed by atoms with E-state index in [0.29, 0.717) is 5.92 Å². The van der Waals surface area contributed by atoms with Crippen LogP contribution in [0.1, 0.15) is 38.8 Å². The van der Waals surface area contributed by atoms with Gasteiger partial charge < -0.3 is 0 Å². The molecule has 1 aromatic rings. The molecule has 0 aliphatic carbocycles. The van der Waals surface area contributed by atoms with Crippen molar-refractivity contribution >= 4 is 0 Å². The molecule has 0 bridgehead atoms. The Balaban J connectivity index is 2.61. The first-order valence-corrected chi connectivity index (χ1v) is 7.60. The molecule has 0 aliphatic heterocycles. The molecule has 0 saturated carbocycles. The Bertz CT molecular complexity index is 455. The van der Waals surface area contributed by atoms with Crippen LogP contribution in [0.3, 0.4) is 0 Å². The molecule has 0 aliphatic rings. The molecule has 0 fully saturated rings. The summed E-state index contributed by atoms with van der Waals surface area (Å²) >= 11 is 0. The second kappa shape index (κ2) is 8.58. The van der Waals surface area contributed by atoms with Crippen molar-refractivity contribution in [2.45, 2.75) is 40.5 Å². The number of rotatable bonds is 7. The lowest BCUT2D eigenvalue weighted by atomic mass is 9.99. The maximum Gasteiger partial charge on any atom is -0.00942 e. The fourth-order valence-electron chi connectivity index (χ4n) is 2.19. The molecule has 0 nitrogen and oxygen atoms in total. The van der Waals surface area contributed by atoms with E-state index in [2.05, 4.69) is 76.8 Å². The summed E-state index contributed by atoms with van der Waals surface area (Å²) in [6.45, 7) is 12.7. The molecule has 0 amide bonds. The Kier molecular flexibility index (Phi) is 7.08. The van der Waals surface area contributed by atoms with Gasteiger partial charge in [0, 0.05) is 0 Å². The number of allylic oxidation sites excluding steroid dienone is 5. The van der Waals surface area contributed by atoms with E-state index in [1.807, 2.05) is 6.08 Å². The smallest absolute Gasteiger partial charge is 0.00942 e. The zero-order valence-electron chi connectivity index (χ0n) is 13.4. The fraction of sp³-hybridized carbons (Fsp3) is 0.400. The Labute approximate surface area is 124 Å². The minimum Gasteiger partial charge on any atom is -0.0991 e. The third-order valence-electron chi connectivity index (χ3n) is 3.31. The lowest BCUT2D eigenvalue weighted by Crippen LogP contribution is -1.94. The van der Waals surface area contributed by atoms with Gasteiger partial charge in [-0.3, -0.25) is 0 Å². The summed E-state index contributed by atoms with van der Waals surface area (Å²) in [5.41, 5.74) is 4.13. The van der Waals surface area contributed by atoms with Crippen molar-refractivity contribution in [3.8, 4) is 0 Å². The zero-order chi connectivity index (χ0) is 15.0. The molecule has 0 heteroatoms. The summed E-state index contributed by atoms with van der Waals surface area (Å²) in [6, 6.07) is 9.00. The lowest BCUT2D eigenvalue weighted by molar-refractivity contribution is 0.647. The van der Waals surface area contributed by atoms with Crippen LogP contribution in [0.4, 0.5) is 0 Å². The minimum atomic E-state index is 0.540. The van der Waals surface area contributed by atoms with E-state index in [1.54, 1.807) is 0 Å². The van der Waals surface area contributed by atoms with Gasteiger partial charge in [0.2, 0.25) is 0 Å². The second-order valence-corrected chi connectivity index (χ2v) is 6.08. The fourth-order valence-corrected chi connectivity index (χ4v) is 2.19. The van der Waals surface area contributed by atoms with E-state index in [4.69, 9.17) is 0 Å². The van der Waals surface area contributed by atoms with Gasteiger partial charge in [0.05, 0.1) is 0 Å². The molecule has 0 heterocycles. The Morgan fingerprint density at radius 2 is 1.65 bits per heavy atom. The van der Waals surface area contributed by atoms with Gasteiger partial charge in [-0.05, 0) is 41.4 Å². The second-order valence-electron chi connectivity index (χ2n) is 6.08. The van der Waals surface area contributed by atoms with Crippen molar-refractivity contribution in [3.05, 3.63) is 71.8 Å². The van der Waals surface area contributed by atoms with Crippen LogP contribution in [0, 0.1) is 11.8 Å². The molecule has 20 heavy (non-hydrogen) atoms. The van der Waals surface area contributed by atoms with Gasteiger partial charge in [-0.25, -0.2) is 0 Å². The monoisotopic (exact) mass is 268 g/mol. The summed E-state index contributed by atoms with van der Waals surface area (Å²) in [4.78, 5) is 0. The molecule has 0 aromatic heterocycles. The van der Waals surface area contributed by atoms with Crippen molar-refractivity contribution in [3.63, 3.8) is 0 Å². The van der Waals surface area contributed by atoms with Crippen LogP contribution in [0.25, 0.3) is 0 Å².